The Kier molecular flexibility index (Phi) is 1.86. The fourth-order valence-corrected chi connectivity index (χ4v) is 1.17. The number of nitrogens with zero attached hydrogens (tertiary/aromatic N) is 1. The standard InChI is InChI=1S/C5H8BrN/c6-4-5-2-1-3-7-5/h3,5H,1-2,4H2. The number of hydrogen-bond acceptors (Lipinski definition) is 1. The minimum atomic E-state index is 0.583. The van der Waals surface area contributed by atoms with Gasteiger partial charge < -0.3 is 0 Å². The van der Waals surface area contributed by atoms with E-state index in [4.69, 9.17) is 0 Å². The maximum Gasteiger partial charge on any atom is 0.0595 e. The van der Waals surface area contributed by atoms with Crippen LogP contribution in [0.1, 0.15) is 12.8 Å². The van der Waals surface area contributed by atoms with Gasteiger partial charge in [0.1, 0.15) is 0 Å². The van der Waals surface area contributed by atoms with Gasteiger partial charge in [0.05, 0.1) is 6.04 Å². The monoisotopic (exact) mass is 161 g/mol. The average Bonchev–Trinajstić information content (AvgIpc) is 2.14. The summed E-state index contributed by atoms with van der Waals surface area (Å²) < 4.78 is 0. The highest BCUT2D eigenvalue weighted by atomic mass is 79.9. The van der Waals surface area contributed by atoms with Crippen molar-refractivity contribution in [3.8, 4) is 0 Å². The lowest BCUT2D eigenvalue weighted by atomic mass is 10.2. The van der Waals surface area contributed by atoms with Gasteiger partial charge in [-0.05, 0) is 19.1 Å². The van der Waals surface area contributed by atoms with Gasteiger partial charge >= 0.3 is 0 Å². The van der Waals surface area contributed by atoms with Gasteiger partial charge in [-0.3, -0.25) is 4.99 Å². The third-order valence-electron chi connectivity index (χ3n) is 1.12. The fraction of sp³-hybridized carbons (Fsp3) is 0.800. The molecule has 1 heterocycles. The van der Waals surface area contributed by atoms with E-state index in [9.17, 15) is 0 Å². The van der Waals surface area contributed by atoms with Crippen molar-refractivity contribution in [1.29, 1.82) is 0 Å². The number of halogens is 1. The molecule has 0 bridgehead atoms. The second-order valence-electron chi connectivity index (χ2n) is 1.72. The van der Waals surface area contributed by atoms with E-state index >= 15 is 0 Å². The van der Waals surface area contributed by atoms with Crippen molar-refractivity contribution >= 4 is 22.1 Å². The van der Waals surface area contributed by atoms with Crippen LogP contribution >= 0.6 is 15.9 Å². The number of hydrogen-bond donors (Lipinski definition) is 0. The van der Waals surface area contributed by atoms with Crippen LogP contribution in [0, 0.1) is 0 Å². The molecular weight excluding hydrogens is 154 g/mol. The quantitative estimate of drug-likeness (QED) is 0.519. The summed E-state index contributed by atoms with van der Waals surface area (Å²) in [5.74, 6) is 0. The van der Waals surface area contributed by atoms with Crippen LogP contribution in [-0.4, -0.2) is 17.6 Å². The third-order valence-corrected chi connectivity index (χ3v) is 1.87. The van der Waals surface area contributed by atoms with Crippen molar-refractivity contribution in [3.05, 3.63) is 0 Å². The van der Waals surface area contributed by atoms with Crippen molar-refractivity contribution in [2.75, 3.05) is 5.33 Å². The molecule has 1 aliphatic heterocycles. The Balaban J connectivity index is 2.28. The predicted molar refractivity (Wildman–Crippen MR) is 35.3 cm³/mol. The molecule has 1 aliphatic rings. The van der Waals surface area contributed by atoms with Crippen molar-refractivity contribution < 1.29 is 0 Å². The molecule has 0 aromatic rings. The summed E-state index contributed by atoms with van der Waals surface area (Å²) in [6.07, 6.45) is 4.42. The zero-order chi connectivity index (χ0) is 5.11. The highest BCUT2D eigenvalue weighted by Crippen LogP contribution is 2.09. The van der Waals surface area contributed by atoms with E-state index in [1.165, 1.54) is 12.8 Å². The Hall–Kier alpha value is 0.150. The largest absolute Gasteiger partial charge is 0.293 e. The van der Waals surface area contributed by atoms with Gasteiger partial charge in [0.25, 0.3) is 0 Å². The van der Waals surface area contributed by atoms with Crippen LogP contribution in [0.3, 0.4) is 0 Å². The summed E-state index contributed by atoms with van der Waals surface area (Å²) in [5.41, 5.74) is 0. The molecule has 0 fully saturated rings. The molecule has 0 aromatic carbocycles. The summed E-state index contributed by atoms with van der Waals surface area (Å²) in [6, 6.07) is 0.583. The lowest BCUT2D eigenvalue weighted by molar-refractivity contribution is 0.753. The number of alkyl halides is 1. The molecule has 1 unspecified atom stereocenters. The maximum atomic E-state index is 4.18. The van der Waals surface area contributed by atoms with Gasteiger partial charge in [0.15, 0.2) is 0 Å². The summed E-state index contributed by atoms with van der Waals surface area (Å²) in [6.45, 7) is 0. The first kappa shape index (κ1) is 5.29. The maximum absolute atomic E-state index is 4.18. The van der Waals surface area contributed by atoms with Gasteiger partial charge in [-0.25, -0.2) is 0 Å². The Bertz CT molecular complexity index is 80.1. The Morgan fingerprint density at radius 3 is 3.00 bits per heavy atom. The summed E-state index contributed by atoms with van der Waals surface area (Å²) >= 11 is 3.36. The molecule has 1 nitrogen and oxygen atoms in total. The first-order valence-corrected chi connectivity index (χ1v) is 3.63. The van der Waals surface area contributed by atoms with Crippen molar-refractivity contribution in [2.24, 2.45) is 4.99 Å². The smallest absolute Gasteiger partial charge is 0.0595 e. The van der Waals surface area contributed by atoms with Crippen LogP contribution in [0.2, 0.25) is 0 Å². The molecule has 0 saturated carbocycles. The first-order chi connectivity index (χ1) is 3.43. The van der Waals surface area contributed by atoms with Gasteiger partial charge in [0, 0.05) is 5.33 Å². The van der Waals surface area contributed by atoms with E-state index in [0.29, 0.717) is 6.04 Å². The third kappa shape index (κ3) is 1.27. The van der Waals surface area contributed by atoms with E-state index in [1.54, 1.807) is 0 Å². The van der Waals surface area contributed by atoms with Crippen LogP contribution < -0.4 is 0 Å². The molecule has 0 aliphatic carbocycles. The van der Waals surface area contributed by atoms with Gasteiger partial charge in [-0.15, -0.1) is 0 Å². The molecule has 2 heteroatoms. The summed E-state index contributed by atoms with van der Waals surface area (Å²) in [7, 11) is 0. The summed E-state index contributed by atoms with van der Waals surface area (Å²) in [5, 5.41) is 1.03. The van der Waals surface area contributed by atoms with E-state index in [2.05, 4.69) is 20.9 Å². The topological polar surface area (TPSA) is 12.4 Å². The van der Waals surface area contributed by atoms with Crippen molar-refractivity contribution in [1.82, 2.24) is 0 Å². The number of aliphatic imine (C=N–C) groups is 1. The molecule has 40 valence electrons. The lowest BCUT2D eigenvalue weighted by Gasteiger charge is -1.95. The van der Waals surface area contributed by atoms with E-state index in [-0.39, 0.29) is 0 Å². The molecule has 0 aromatic heterocycles. The highest BCUT2D eigenvalue weighted by Gasteiger charge is 2.06. The molecule has 0 radical (unpaired) electrons. The zero-order valence-corrected chi connectivity index (χ0v) is 5.69. The van der Waals surface area contributed by atoms with Crippen molar-refractivity contribution in [3.63, 3.8) is 0 Å². The zero-order valence-electron chi connectivity index (χ0n) is 4.10. The molecular formula is C5H8BrN. The second kappa shape index (κ2) is 2.46. The van der Waals surface area contributed by atoms with E-state index in [0.717, 1.165) is 5.33 Å². The highest BCUT2D eigenvalue weighted by molar-refractivity contribution is 9.09. The first-order valence-electron chi connectivity index (χ1n) is 2.51. The normalized spacial score (nSPS) is 29.0. The Labute approximate surface area is 52.0 Å². The van der Waals surface area contributed by atoms with Gasteiger partial charge in [-0.1, -0.05) is 15.9 Å². The van der Waals surface area contributed by atoms with Gasteiger partial charge in [-0.2, -0.15) is 0 Å². The molecule has 0 spiro atoms. The van der Waals surface area contributed by atoms with E-state index in [1.807, 2.05) is 6.21 Å². The molecule has 0 amide bonds. The minimum absolute atomic E-state index is 0.583. The Morgan fingerprint density at radius 1 is 1.86 bits per heavy atom. The second-order valence-corrected chi connectivity index (χ2v) is 2.36. The molecule has 1 atom stereocenters. The minimum Gasteiger partial charge on any atom is -0.293 e. The number of rotatable bonds is 1. The lowest BCUT2D eigenvalue weighted by Crippen LogP contribution is -1.98. The van der Waals surface area contributed by atoms with Gasteiger partial charge in [0.2, 0.25) is 0 Å². The van der Waals surface area contributed by atoms with Crippen LogP contribution in [0.25, 0.3) is 0 Å². The SMILES string of the molecule is BrCC1CCC=N1. The van der Waals surface area contributed by atoms with Crippen LogP contribution in [0.15, 0.2) is 4.99 Å². The Morgan fingerprint density at radius 2 is 2.71 bits per heavy atom. The molecule has 0 saturated heterocycles. The molecule has 7 heavy (non-hydrogen) atoms. The van der Waals surface area contributed by atoms with Crippen LogP contribution in [0.4, 0.5) is 0 Å². The van der Waals surface area contributed by atoms with Crippen molar-refractivity contribution in [2.45, 2.75) is 18.9 Å². The average molecular weight is 162 g/mol. The fourth-order valence-electron chi connectivity index (χ4n) is 0.682. The predicted octanol–water partition coefficient (Wildman–Crippen LogP) is 1.61. The molecule has 0 N–H and O–H groups in total. The van der Waals surface area contributed by atoms with Crippen LogP contribution in [0.5, 0.6) is 0 Å². The van der Waals surface area contributed by atoms with E-state index < -0.39 is 0 Å². The molecule has 1 rings (SSSR count). The summed E-state index contributed by atoms with van der Waals surface area (Å²) in [4.78, 5) is 4.18. The van der Waals surface area contributed by atoms with Crippen LogP contribution in [-0.2, 0) is 0 Å².